The van der Waals surface area contributed by atoms with Gasteiger partial charge < -0.3 is 35.2 Å². The molecule has 1 aromatic rings. The van der Waals surface area contributed by atoms with Crippen LogP contribution in [0.3, 0.4) is 0 Å². The van der Waals surface area contributed by atoms with E-state index in [4.69, 9.17) is 4.74 Å². The van der Waals surface area contributed by atoms with Gasteiger partial charge in [0, 0.05) is 32.6 Å². The number of ether oxygens (including phenoxy) is 1. The Morgan fingerprint density at radius 1 is 1.02 bits per heavy atom. The third-order valence-electron chi connectivity index (χ3n) is 9.02. The summed E-state index contributed by atoms with van der Waals surface area (Å²) >= 11 is 0. The minimum atomic E-state index is -1.46. The number of amides is 5. The molecule has 4 rings (SSSR count). The number of cyclic esters (lactones) is 1. The van der Waals surface area contributed by atoms with Gasteiger partial charge in [-0.15, -0.1) is 0 Å². The Morgan fingerprint density at radius 2 is 1.68 bits per heavy atom. The lowest BCUT2D eigenvalue weighted by atomic mass is 10.0. The van der Waals surface area contributed by atoms with Crippen LogP contribution in [0.4, 0.5) is 8.78 Å². The maximum atomic E-state index is 14.1. The molecule has 0 saturated carbocycles. The summed E-state index contributed by atoms with van der Waals surface area (Å²) in [6.45, 7) is 6.36. The Labute approximate surface area is 271 Å². The average Bonchev–Trinajstić information content (AvgIpc) is 3.63. The summed E-state index contributed by atoms with van der Waals surface area (Å²) in [5, 5.41) is 15.7. The predicted molar refractivity (Wildman–Crippen MR) is 162 cm³/mol. The van der Waals surface area contributed by atoms with Crippen molar-refractivity contribution in [2.75, 3.05) is 20.1 Å². The molecule has 0 aromatic heterocycles. The Hall–Kier alpha value is -4.14. The van der Waals surface area contributed by atoms with Gasteiger partial charge >= 0.3 is 5.97 Å². The third-order valence-corrected chi connectivity index (χ3v) is 9.02. The summed E-state index contributed by atoms with van der Waals surface area (Å²) in [6, 6.07) is -3.17. The van der Waals surface area contributed by atoms with E-state index in [1.54, 1.807) is 0 Å². The Kier molecular flexibility index (Phi) is 11.2. The highest BCUT2D eigenvalue weighted by Crippen LogP contribution is 2.27. The van der Waals surface area contributed by atoms with Gasteiger partial charge in [0.1, 0.15) is 47.9 Å². The second-order valence-electron chi connectivity index (χ2n) is 12.9. The monoisotopic (exact) mass is 663 g/mol. The molecule has 3 N–H and O–H groups in total. The largest absolute Gasteiger partial charge is 0.458 e. The van der Waals surface area contributed by atoms with Crippen molar-refractivity contribution >= 4 is 35.5 Å². The van der Waals surface area contributed by atoms with Crippen LogP contribution >= 0.6 is 0 Å². The average molecular weight is 664 g/mol. The molecule has 258 valence electrons. The van der Waals surface area contributed by atoms with Gasteiger partial charge in [-0.05, 0) is 70.1 Å². The number of esters is 1. The molecule has 13 nitrogen and oxygen atoms in total. The predicted octanol–water partition coefficient (Wildman–Crippen LogP) is 0.268. The van der Waals surface area contributed by atoms with E-state index >= 15 is 0 Å². The summed E-state index contributed by atoms with van der Waals surface area (Å²) in [6.07, 6.45) is -2.00. The fourth-order valence-electron chi connectivity index (χ4n) is 6.65. The molecule has 0 aliphatic carbocycles. The van der Waals surface area contributed by atoms with Gasteiger partial charge in [0.25, 0.3) is 0 Å². The summed E-state index contributed by atoms with van der Waals surface area (Å²) in [5.41, 5.74) is 0.223. The van der Waals surface area contributed by atoms with E-state index in [2.05, 4.69) is 10.6 Å². The highest BCUT2D eigenvalue weighted by Gasteiger charge is 2.46. The molecule has 0 radical (unpaired) electrons. The van der Waals surface area contributed by atoms with Crippen molar-refractivity contribution in [1.82, 2.24) is 25.3 Å². The normalized spacial score (nSPS) is 30.1. The smallest absolute Gasteiger partial charge is 0.329 e. The summed E-state index contributed by atoms with van der Waals surface area (Å²) in [4.78, 5) is 85.0. The molecular formula is C32H43F2N5O8. The first-order chi connectivity index (χ1) is 22.1. The molecule has 8 atom stereocenters. The van der Waals surface area contributed by atoms with E-state index in [0.717, 1.165) is 17.0 Å². The van der Waals surface area contributed by atoms with Gasteiger partial charge in [0.15, 0.2) is 0 Å². The highest BCUT2D eigenvalue weighted by atomic mass is 19.1. The van der Waals surface area contributed by atoms with E-state index in [1.165, 1.54) is 37.6 Å². The molecule has 3 heterocycles. The summed E-state index contributed by atoms with van der Waals surface area (Å²) < 4.78 is 33.1. The number of benzene rings is 1. The molecule has 0 unspecified atom stereocenters. The van der Waals surface area contributed by atoms with Gasteiger partial charge in [-0.25, -0.2) is 13.6 Å². The van der Waals surface area contributed by atoms with Crippen LogP contribution in [0.5, 0.6) is 0 Å². The molecule has 47 heavy (non-hydrogen) atoms. The number of halogens is 2. The van der Waals surface area contributed by atoms with Crippen LogP contribution in [0.15, 0.2) is 18.2 Å². The second-order valence-corrected chi connectivity index (χ2v) is 12.9. The number of nitrogens with zero attached hydrogens (tertiary/aromatic N) is 3. The van der Waals surface area contributed by atoms with Crippen LogP contribution in [-0.4, -0.2) is 118 Å². The number of fused-ring (bicyclic) bond motifs is 2. The first-order valence-electron chi connectivity index (χ1n) is 15.9. The Bertz CT molecular complexity index is 1390. The fraction of sp³-hybridized carbons (Fsp3) is 0.625. The number of aliphatic hydroxyl groups excluding tert-OH is 1. The molecule has 15 heteroatoms. The number of hydrogen-bond donors (Lipinski definition) is 3. The zero-order valence-electron chi connectivity index (χ0n) is 27.2. The molecule has 1 aromatic carbocycles. The van der Waals surface area contributed by atoms with Crippen LogP contribution in [0.1, 0.15) is 58.9 Å². The van der Waals surface area contributed by atoms with E-state index < -0.39 is 89.6 Å². The van der Waals surface area contributed by atoms with Gasteiger partial charge in [0.05, 0.1) is 6.10 Å². The number of aryl methyl sites for hydroxylation is 1. The number of carbonyl (C=O) groups excluding carboxylic acids is 6. The second kappa shape index (κ2) is 14.7. The number of nitrogens with one attached hydrogen (secondary N) is 2. The number of hydrogen-bond acceptors (Lipinski definition) is 8. The van der Waals surface area contributed by atoms with Gasteiger partial charge in [-0.1, -0.05) is 6.92 Å². The molecule has 3 aliphatic rings. The van der Waals surface area contributed by atoms with Crippen molar-refractivity contribution in [3.63, 3.8) is 0 Å². The van der Waals surface area contributed by atoms with Crippen LogP contribution < -0.4 is 10.6 Å². The quantitative estimate of drug-likeness (QED) is 0.378. The number of aliphatic hydroxyl groups is 1. The van der Waals surface area contributed by atoms with Gasteiger partial charge in [-0.3, -0.25) is 24.0 Å². The lowest BCUT2D eigenvalue weighted by molar-refractivity contribution is -0.163. The van der Waals surface area contributed by atoms with Crippen molar-refractivity contribution in [3.8, 4) is 0 Å². The van der Waals surface area contributed by atoms with Crippen molar-refractivity contribution < 1.29 is 47.4 Å². The van der Waals surface area contributed by atoms with Gasteiger partial charge in [-0.2, -0.15) is 0 Å². The zero-order chi connectivity index (χ0) is 34.7. The van der Waals surface area contributed by atoms with Gasteiger partial charge in [0.2, 0.25) is 29.5 Å². The molecule has 3 fully saturated rings. The molecule has 0 bridgehead atoms. The lowest BCUT2D eigenvalue weighted by Crippen LogP contribution is -2.62. The molecular weight excluding hydrogens is 620 g/mol. The van der Waals surface area contributed by atoms with E-state index in [0.29, 0.717) is 12.5 Å². The first-order valence-corrected chi connectivity index (χ1v) is 15.9. The third kappa shape index (κ3) is 8.06. The van der Waals surface area contributed by atoms with E-state index in [-0.39, 0.29) is 50.3 Å². The molecule has 0 spiro atoms. The topological polar surface area (TPSA) is 166 Å². The zero-order valence-corrected chi connectivity index (χ0v) is 27.2. The number of likely N-dealkylation sites (N-methyl/N-ethyl adjacent to an activating group) is 1. The van der Waals surface area contributed by atoms with Crippen molar-refractivity contribution in [1.29, 1.82) is 0 Å². The maximum absolute atomic E-state index is 14.1. The minimum absolute atomic E-state index is 0.0524. The molecule has 3 aliphatic heterocycles. The SMILES string of the molecule is C[C@H]1C[C@H]2C(=O)O[C@@H](C)[C@H](NC(=O)CCc3cc(F)cc(F)c3)C(=O)N3CCC[C@H]3C(=O)N(C)[C@@H]([C@@H](C)O)C(=O)N[C@@H](C)C(=O)N2C1. The van der Waals surface area contributed by atoms with Crippen molar-refractivity contribution in [2.45, 2.75) is 102 Å². The Balaban J connectivity index is 1.67. The standard InChI is InChI=1S/C32H43F2N5O8/c1-16-11-24-32(46)47-19(4)26(36-25(41)9-8-20-12-21(33)14-22(34)13-20)31(45)38-10-6-7-23(38)30(44)37(5)27(18(3)40)28(42)35-17(2)29(43)39(24)15-16/h12-14,16-19,23-24,26-27,40H,6-11,15H2,1-5H3,(H,35,42)(H,36,41)/t16-,17-,18+,19-,23-,24-,26-,27-/m0/s1. The molecule has 3 saturated heterocycles. The van der Waals surface area contributed by atoms with E-state index in [1.807, 2.05) is 6.92 Å². The maximum Gasteiger partial charge on any atom is 0.329 e. The summed E-state index contributed by atoms with van der Waals surface area (Å²) in [7, 11) is 1.33. The Morgan fingerprint density at radius 3 is 2.32 bits per heavy atom. The lowest BCUT2D eigenvalue weighted by Gasteiger charge is -2.37. The molecule has 5 amide bonds. The minimum Gasteiger partial charge on any atom is -0.458 e. The van der Waals surface area contributed by atoms with E-state index in [9.17, 15) is 42.7 Å². The van der Waals surface area contributed by atoms with Crippen LogP contribution in [0.25, 0.3) is 0 Å². The number of carbonyl (C=O) groups is 6. The van der Waals surface area contributed by atoms with Crippen LogP contribution in [0, 0.1) is 17.6 Å². The fourth-order valence-corrected chi connectivity index (χ4v) is 6.65. The first kappa shape index (κ1) is 35.7. The van der Waals surface area contributed by atoms with Crippen LogP contribution in [-0.2, 0) is 39.9 Å². The van der Waals surface area contributed by atoms with Crippen LogP contribution in [0.2, 0.25) is 0 Å². The summed E-state index contributed by atoms with van der Waals surface area (Å²) in [5.74, 6) is -5.90. The van der Waals surface area contributed by atoms with Crippen molar-refractivity contribution in [3.05, 3.63) is 35.4 Å². The highest BCUT2D eigenvalue weighted by molar-refractivity contribution is 5.97. The van der Waals surface area contributed by atoms with Crippen molar-refractivity contribution in [2.24, 2.45) is 5.92 Å². The number of rotatable bonds is 5.